The van der Waals surface area contributed by atoms with Crippen molar-refractivity contribution in [1.29, 1.82) is 0 Å². The van der Waals surface area contributed by atoms with Crippen LogP contribution in [0.1, 0.15) is 18.4 Å². The van der Waals surface area contributed by atoms with E-state index in [9.17, 15) is 0 Å². The van der Waals surface area contributed by atoms with Crippen molar-refractivity contribution in [3.63, 3.8) is 0 Å². The van der Waals surface area contributed by atoms with Gasteiger partial charge in [0.2, 0.25) is 5.28 Å². The average Bonchev–Trinajstić information content (AvgIpc) is 2.33. The minimum Gasteiger partial charge on any atom is -0.356 e. The molecule has 0 aromatic carbocycles. The summed E-state index contributed by atoms with van der Waals surface area (Å²) in [5.74, 6) is 1.80. The highest BCUT2D eigenvalue weighted by atomic mass is 35.5. The molecular weight excluding hydrogens is 248 g/mol. The number of piperidine rings is 1. The number of halogens is 1. The van der Waals surface area contributed by atoms with Crippen LogP contribution in [0.25, 0.3) is 0 Å². The molecule has 2 rings (SSSR count). The van der Waals surface area contributed by atoms with Crippen LogP contribution >= 0.6 is 11.6 Å². The van der Waals surface area contributed by atoms with Crippen LogP contribution < -0.4 is 4.90 Å². The number of aryl methyl sites for hydroxylation is 1. The van der Waals surface area contributed by atoms with Gasteiger partial charge in [-0.05, 0) is 51.4 Å². The van der Waals surface area contributed by atoms with E-state index in [1.54, 1.807) is 6.20 Å². The van der Waals surface area contributed by atoms with E-state index in [1.165, 1.54) is 19.4 Å². The molecule has 1 saturated heterocycles. The van der Waals surface area contributed by atoms with Gasteiger partial charge in [-0.25, -0.2) is 9.97 Å². The molecule has 0 aliphatic carbocycles. The summed E-state index contributed by atoms with van der Waals surface area (Å²) in [7, 11) is 4.28. The second-order valence-electron chi connectivity index (χ2n) is 5.34. The maximum atomic E-state index is 5.88. The molecule has 0 atom stereocenters. The Morgan fingerprint density at radius 1 is 1.39 bits per heavy atom. The zero-order chi connectivity index (χ0) is 13.1. The molecule has 4 nitrogen and oxygen atoms in total. The van der Waals surface area contributed by atoms with Gasteiger partial charge in [-0.2, -0.15) is 0 Å². The summed E-state index contributed by atoms with van der Waals surface area (Å²) in [6.07, 6.45) is 4.25. The Labute approximate surface area is 114 Å². The van der Waals surface area contributed by atoms with Gasteiger partial charge in [0.25, 0.3) is 0 Å². The third-order valence-electron chi connectivity index (χ3n) is 3.45. The van der Waals surface area contributed by atoms with Crippen molar-refractivity contribution in [2.75, 3.05) is 38.6 Å². The van der Waals surface area contributed by atoms with Crippen LogP contribution in [0, 0.1) is 12.8 Å². The Balaban J connectivity index is 1.99. The van der Waals surface area contributed by atoms with Crippen LogP contribution in [0.2, 0.25) is 5.28 Å². The summed E-state index contributed by atoms with van der Waals surface area (Å²) >= 11 is 5.88. The summed E-state index contributed by atoms with van der Waals surface area (Å²) in [4.78, 5) is 13.0. The quantitative estimate of drug-likeness (QED) is 0.787. The Bertz CT molecular complexity index is 400. The van der Waals surface area contributed by atoms with Gasteiger partial charge in [-0.1, -0.05) is 0 Å². The van der Waals surface area contributed by atoms with E-state index in [0.29, 0.717) is 5.28 Å². The highest BCUT2D eigenvalue weighted by Crippen LogP contribution is 2.25. The molecule has 0 unspecified atom stereocenters. The molecule has 5 heteroatoms. The van der Waals surface area contributed by atoms with Crippen molar-refractivity contribution < 1.29 is 0 Å². The Kier molecular flexibility index (Phi) is 4.40. The lowest BCUT2D eigenvalue weighted by Crippen LogP contribution is -2.37. The molecule has 0 amide bonds. The smallest absolute Gasteiger partial charge is 0.224 e. The van der Waals surface area contributed by atoms with E-state index in [1.807, 2.05) is 6.92 Å². The monoisotopic (exact) mass is 268 g/mol. The highest BCUT2D eigenvalue weighted by Gasteiger charge is 2.21. The fourth-order valence-electron chi connectivity index (χ4n) is 2.58. The number of hydrogen-bond donors (Lipinski definition) is 0. The van der Waals surface area contributed by atoms with Gasteiger partial charge in [0.1, 0.15) is 5.82 Å². The van der Waals surface area contributed by atoms with Gasteiger partial charge in [0.05, 0.1) is 0 Å². The molecule has 18 heavy (non-hydrogen) atoms. The lowest BCUT2D eigenvalue weighted by molar-refractivity contribution is 0.284. The molecule has 0 spiro atoms. The first kappa shape index (κ1) is 13.6. The third kappa shape index (κ3) is 3.33. The molecule has 0 radical (unpaired) electrons. The largest absolute Gasteiger partial charge is 0.356 e. The second-order valence-corrected chi connectivity index (χ2v) is 5.68. The molecular formula is C13H21ClN4. The van der Waals surface area contributed by atoms with Crippen LogP contribution in [0.3, 0.4) is 0 Å². The first-order valence-electron chi connectivity index (χ1n) is 6.45. The van der Waals surface area contributed by atoms with Crippen LogP contribution in [0.4, 0.5) is 5.82 Å². The maximum Gasteiger partial charge on any atom is 0.224 e. The van der Waals surface area contributed by atoms with Crippen LogP contribution in [0.5, 0.6) is 0 Å². The molecule has 1 fully saturated rings. The van der Waals surface area contributed by atoms with Crippen LogP contribution in [-0.4, -0.2) is 48.6 Å². The minimum absolute atomic E-state index is 0.339. The van der Waals surface area contributed by atoms with Crippen molar-refractivity contribution in [2.45, 2.75) is 19.8 Å². The number of hydrogen-bond acceptors (Lipinski definition) is 4. The van der Waals surface area contributed by atoms with Crippen molar-refractivity contribution in [3.8, 4) is 0 Å². The second kappa shape index (κ2) is 5.85. The molecule has 1 aromatic heterocycles. The van der Waals surface area contributed by atoms with Gasteiger partial charge in [0, 0.05) is 31.4 Å². The number of nitrogens with zero attached hydrogens (tertiary/aromatic N) is 4. The van der Waals surface area contributed by atoms with Gasteiger partial charge >= 0.3 is 0 Å². The van der Waals surface area contributed by atoms with Gasteiger partial charge in [-0.15, -0.1) is 0 Å². The number of anilines is 1. The Morgan fingerprint density at radius 2 is 2.06 bits per heavy atom. The first-order chi connectivity index (χ1) is 8.56. The fraction of sp³-hybridized carbons (Fsp3) is 0.692. The predicted molar refractivity (Wildman–Crippen MR) is 75.3 cm³/mol. The van der Waals surface area contributed by atoms with Crippen molar-refractivity contribution in [3.05, 3.63) is 17.0 Å². The SMILES string of the molecule is Cc1cnc(Cl)nc1N1CCC(CN(C)C)CC1. The molecule has 0 N–H and O–H groups in total. The van der Waals surface area contributed by atoms with E-state index < -0.39 is 0 Å². The summed E-state index contributed by atoms with van der Waals surface area (Å²) in [6.45, 7) is 5.34. The van der Waals surface area contributed by atoms with E-state index in [-0.39, 0.29) is 0 Å². The van der Waals surface area contributed by atoms with Crippen LogP contribution in [0.15, 0.2) is 6.20 Å². The predicted octanol–water partition coefficient (Wildman–Crippen LogP) is 2.22. The lowest BCUT2D eigenvalue weighted by Gasteiger charge is -2.34. The maximum absolute atomic E-state index is 5.88. The van der Waals surface area contributed by atoms with E-state index in [0.717, 1.165) is 30.4 Å². The summed E-state index contributed by atoms with van der Waals surface area (Å²) in [6, 6.07) is 0. The normalized spacial score (nSPS) is 17.5. The molecule has 2 heterocycles. The average molecular weight is 269 g/mol. The first-order valence-corrected chi connectivity index (χ1v) is 6.83. The lowest BCUT2D eigenvalue weighted by atomic mass is 9.96. The fourth-order valence-corrected chi connectivity index (χ4v) is 2.70. The van der Waals surface area contributed by atoms with Crippen molar-refractivity contribution >= 4 is 17.4 Å². The summed E-state index contributed by atoms with van der Waals surface area (Å²) in [5.41, 5.74) is 1.10. The van der Waals surface area contributed by atoms with E-state index >= 15 is 0 Å². The van der Waals surface area contributed by atoms with Crippen LogP contribution in [-0.2, 0) is 0 Å². The van der Waals surface area contributed by atoms with Gasteiger partial charge < -0.3 is 9.80 Å². The van der Waals surface area contributed by atoms with Crippen molar-refractivity contribution in [2.24, 2.45) is 5.92 Å². The topological polar surface area (TPSA) is 32.3 Å². The summed E-state index contributed by atoms with van der Waals surface area (Å²) < 4.78 is 0. The molecule has 1 aromatic rings. The number of aromatic nitrogens is 2. The van der Waals surface area contributed by atoms with E-state index in [4.69, 9.17) is 11.6 Å². The van der Waals surface area contributed by atoms with E-state index in [2.05, 4.69) is 33.9 Å². The van der Waals surface area contributed by atoms with Gasteiger partial charge in [0.15, 0.2) is 0 Å². The Hall–Kier alpha value is -0.870. The molecule has 1 aliphatic heterocycles. The highest BCUT2D eigenvalue weighted by molar-refractivity contribution is 6.28. The zero-order valence-electron chi connectivity index (χ0n) is 11.4. The minimum atomic E-state index is 0.339. The Morgan fingerprint density at radius 3 is 2.67 bits per heavy atom. The van der Waals surface area contributed by atoms with Crippen molar-refractivity contribution in [1.82, 2.24) is 14.9 Å². The molecule has 0 saturated carbocycles. The zero-order valence-corrected chi connectivity index (χ0v) is 12.1. The third-order valence-corrected chi connectivity index (χ3v) is 3.64. The standard InChI is InChI=1S/C13H21ClN4/c1-10-8-15-13(14)16-12(10)18-6-4-11(5-7-18)9-17(2)3/h8,11H,4-7,9H2,1-3H3. The van der Waals surface area contributed by atoms with Gasteiger partial charge in [-0.3, -0.25) is 0 Å². The molecule has 0 bridgehead atoms. The molecule has 1 aliphatic rings. The number of rotatable bonds is 3. The summed E-state index contributed by atoms with van der Waals surface area (Å²) in [5, 5.41) is 0.339. The molecule has 100 valence electrons.